The molecule has 0 N–H and O–H groups in total. The van der Waals surface area contributed by atoms with Crippen LogP contribution in [0.2, 0.25) is 0 Å². The maximum atomic E-state index is 3.75. The molecule has 1 aliphatic rings. The largest absolute Gasteiger partial charge is 0.287 e. The van der Waals surface area contributed by atoms with Gasteiger partial charge in [-0.3, -0.25) is 5.01 Å². The van der Waals surface area contributed by atoms with Gasteiger partial charge in [0.2, 0.25) is 0 Å². The Hall–Kier alpha value is -0.180. The van der Waals surface area contributed by atoms with Gasteiger partial charge in [0.15, 0.2) is 0 Å². The fraction of sp³-hybridized carbons (Fsp3) is 0.750. The molecule has 7 heavy (non-hydrogen) atoms. The van der Waals surface area contributed by atoms with E-state index in [1.54, 1.807) is 0 Å². The summed E-state index contributed by atoms with van der Waals surface area (Å²) < 4.78 is 0. The number of nitrogens with zero attached hydrogens (tertiary/aromatic N) is 2. The van der Waals surface area contributed by atoms with Gasteiger partial charge in [0.25, 0.3) is 0 Å². The molecular formula is C4H8N2S. The Morgan fingerprint density at radius 1 is 1.71 bits per heavy atom. The van der Waals surface area contributed by atoms with E-state index in [1.165, 1.54) is 5.75 Å². The molecule has 40 valence electrons. The summed E-state index contributed by atoms with van der Waals surface area (Å²) in [5, 5.41) is 5.71. The molecule has 1 fully saturated rings. The first-order chi connectivity index (χ1) is 3.43. The molecule has 1 heterocycles. The zero-order chi connectivity index (χ0) is 5.11. The highest BCUT2D eigenvalue weighted by Crippen LogP contribution is 2.11. The third-order valence-corrected chi connectivity index (χ3v) is 1.89. The average molecular weight is 116 g/mol. The lowest BCUT2D eigenvalue weighted by atomic mass is 10.7. The second-order valence-electron chi connectivity index (χ2n) is 1.41. The summed E-state index contributed by atoms with van der Waals surface area (Å²) in [6.45, 7) is 4.48. The third-order valence-electron chi connectivity index (χ3n) is 0.934. The maximum Gasteiger partial charge on any atom is 0.0815 e. The minimum atomic E-state index is 1.03. The SMILES string of the molecule is C=NN1CCSC1. The molecule has 2 nitrogen and oxygen atoms in total. The highest BCUT2D eigenvalue weighted by Gasteiger charge is 2.05. The van der Waals surface area contributed by atoms with Crippen molar-refractivity contribution in [2.45, 2.75) is 0 Å². The van der Waals surface area contributed by atoms with Crippen molar-refractivity contribution in [2.75, 3.05) is 18.2 Å². The quantitative estimate of drug-likeness (QED) is 0.466. The fourth-order valence-corrected chi connectivity index (χ4v) is 1.41. The first-order valence-corrected chi connectivity index (χ1v) is 3.38. The van der Waals surface area contributed by atoms with Crippen molar-refractivity contribution in [1.82, 2.24) is 5.01 Å². The molecule has 3 heteroatoms. The van der Waals surface area contributed by atoms with Crippen LogP contribution in [0.5, 0.6) is 0 Å². The van der Waals surface area contributed by atoms with Crippen molar-refractivity contribution >= 4 is 18.5 Å². The first kappa shape index (κ1) is 4.97. The van der Waals surface area contributed by atoms with Gasteiger partial charge in [-0.1, -0.05) is 0 Å². The maximum absolute atomic E-state index is 3.75. The summed E-state index contributed by atoms with van der Waals surface area (Å²) in [4.78, 5) is 0. The molecule has 0 saturated carbocycles. The van der Waals surface area contributed by atoms with E-state index in [1.807, 2.05) is 16.8 Å². The zero-order valence-corrected chi connectivity index (χ0v) is 4.95. The van der Waals surface area contributed by atoms with Gasteiger partial charge in [-0.05, 0) is 0 Å². The van der Waals surface area contributed by atoms with Crippen LogP contribution in [0.3, 0.4) is 0 Å². The van der Waals surface area contributed by atoms with Crippen molar-refractivity contribution in [3.05, 3.63) is 0 Å². The first-order valence-electron chi connectivity index (χ1n) is 2.23. The van der Waals surface area contributed by atoms with Crippen LogP contribution in [0, 0.1) is 0 Å². The smallest absolute Gasteiger partial charge is 0.0815 e. The van der Waals surface area contributed by atoms with Gasteiger partial charge in [0.05, 0.1) is 5.88 Å². The van der Waals surface area contributed by atoms with Crippen molar-refractivity contribution in [3.63, 3.8) is 0 Å². The molecule has 0 aliphatic carbocycles. The number of hydrazone groups is 1. The van der Waals surface area contributed by atoms with E-state index < -0.39 is 0 Å². The van der Waals surface area contributed by atoms with Gasteiger partial charge in [-0.2, -0.15) is 5.10 Å². The van der Waals surface area contributed by atoms with Gasteiger partial charge in [-0.15, -0.1) is 11.8 Å². The Morgan fingerprint density at radius 2 is 2.57 bits per heavy atom. The molecule has 1 saturated heterocycles. The number of rotatable bonds is 1. The molecule has 1 aliphatic heterocycles. The lowest BCUT2D eigenvalue weighted by molar-refractivity contribution is 0.383. The van der Waals surface area contributed by atoms with Crippen LogP contribution >= 0.6 is 11.8 Å². The Balaban J connectivity index is 2.26. The molecule has 1 rings (SSSR count). The standard InChI is InChI=1S/C4H8N2S/c1-5-6-2-3-7-4-6/h1-4H2. The number of thioether (sulfide) groups is 1. The van der Waals surface area contributed by atoms with E-state index in [4.69, 9.17) is 0 Å². The summed E-state index contributed by atoms with van der Waals surface area (Å²) >= 11 is 1.90. The summed E-state index contributed by atoms with van der Waals surface area (Å²) in [6.07, 6.45) is 0. The highest BCUT2D eigenvalue weighted by atomic mass is 32.2. The zero-order valence-electron chi connectivity index (χ0n) is 4.13. The third kappa shape index (κ3) is 1.09. The average Bonchev–Trinajstić information content (AvgIpc) is 2.14. The summed E-state index contributed by atoms with van der Waals surface area (Å²) in [6, 6.07) is 0. The lowest BCUT2D eigenvalue weighted by Gasteiger charge is -2.04. The predicted molar refractivity (Wildman–Crippen MR) is 33.6 cm³/mol. The van der Waals surface area contributed by atoms with E-state index in [2.05, 4.69) is 11.8 Å². The molecule has 0 radical (unpaired) electrons. The van der Waals surface area contributed by atoms with Crippen LogP contribution in [0.15, 0.2) is 5.10 Å². The monoisotopic (exact) mass is 116 g/mol. The van der Waals surface area contributed by atoms with E-state index >= 15 is 0 Å². The minimum absolute atomic E-state index is 1.03. The molecule has 0 aromatic carbocycles. The molecule has 0 aromatic rings. The fourth-order valence-electron chi connectivity index (χ4n) is 0.516. The van der Waals surface area contributed by atoms with Crippen molar-refractivity contribution < 1.29 is 0 Å². The Bertz CT molecular complexity index is 68.1. The second kappa shape index (κ2) is 2.21. The van der Waals surface area contributed by atoms with Crippen LogP contribution in [0.4, 0.5) is 0 Å². The molecule has 0 spiro atoms. The molecular weight excluding hydrogens is 108 g/mol. The van der Waals surface area contributed by atoms with E-state index in [0.29, 0.717) is 0 Å². The van der Waals surface area contributed by atoms with E-state index in [-0.39, 0.29) is 0 Å². The Kier molecular flexibility index (Phi) is 1.57. The predicted octanol–water partition coefficient (Wildman–Crippen LogP) is 0.608. The van der Waals surface area contributed by atoms with Gasteiger partial charge in [0.1, 0.15) is 0 Å². The van der Waals surface area contributed by atoms with E-state index in [9.17, 15) is 0 Å². The Labute approximate surface area is 47.6 Å². The lowest BCUT2D eigenvalue weighted by Crippen LogP contribution is -2.09. The summed E-state index contributed by atoms with van der Waals surface area (Å²) in [5.74, 6) is 2.24. The summed E-state index contributed by atoms with van der Waals surface area (Å²) in [5.41, 5.74) is 0. The number of hydrogen-bond acceptors (Lipinski definition) is 3. The van der Waals surface area contributed by atoms with Gasteiger partial charge < -0.3 is 0 Å². The van der Waals surface area contributed by atoms with Gasteiger partial charge >= 0.3 is 0 Å². The highest BCUT2D eigenvalue weighted by molar-refractivity contribution is 7.99. The second-order valence-corrected chi connectivity index (χ2v) is 2.48. The van der Waals surface area contributed by atoms with Gasteiger partial charge in [-0.25, -0.2) is 0 Å². The number of hydrogen-bond donors (Lipinski definition) is 0. The summed E-state index contributed by atoms with van der Waals surface area (Å²) in [7, 11) is 0. The van der Waals surface area contributed by atoms with Crippen molar-refractivity contribution in [3.8, 4) is 0 Å². The molecule has 0 aromatic heterocycles. The Morgan fingerprint density at radius 3 is 2.86 bits per heavy atom. The van der Waals surface area contributed by atoms with Crippen LogP contribution in [-0.4, -0.2) is 29.9 Å². The van der Waals surface area contributed by atoms with Crippen LogP contribution < -0.4 is 0 Å². The van der Waals surface area contributed by atoms with Crippen molar-refractivity contribution in [1.29, 1.82) is 0 Å². The van der Waals surface area contributed by atoms with Crippen LogP contribution in [-0.2, 0) is 0 Å². The normalized spacial score (nSPS) is 20.3. The molecule has 0 bridgehead atoms. The van der Waals surface area contributed by atoms with Crippen LogP contribution in [0.25, 0.3) is 0 Å². The van der Waals surface area contributed by atoms with Crippen LogP contribution in [0.1, 0.15) is 0 Å². The van der Waals surface area contributed by atoms with Crippen molar-refractivity contribution in [2.24, 2.45) is 5.10 Å². The topological polar surface area (TPSA) is 15.6 Å². The molecule has 0 amide bonds. The van der Waals surface area contributed by atoms with E-state index in [0.717, 1.165) is 12.4 Å². The molecule has 0 unspecified atom stereocenters. The van der Waals surface area contributed by atoms with Gasteiger partial charge in [0, 0.05) is 19.0 Å². The molecule has 0 atom stereocenters. The minimum Gasteiger partial charge on any atom is -0.287 e.